The van der Waals surface area contributed by atoms with Gasteiger partial charge in [0, 0.05) is 12.1 Å². The Morgan fingerprint density at radius 2 is 2.29 bits per heavy atom. The third kappa shape index (κ3) is 3.44. The molecule has 0 aromatic carbocycles. The van der Waals surface area contributed by atoms with Crippen molar-refractivity contribution in [1.29, 1.82) is 0 Å². The number of rotatable bonds is 4. The zero-order valence-electron chi connectivity index (χ0n) is 9.04. The van der Waals surface area contributed by atoms with Crippen LogP contribution in [0.5, 0.6) is 0 Å². The number of carbonyl (C=O) groups is 1. The number of aromatic nitrogens is 1. The molecule has 0 fully saturated rings. The minimum atomic E-state index is -2.71. The van der Waals surface area contributed by atoms with Gasteiger partial charge in [0.25, 0.3) is 6.43 Å². The summed E-state index contributed by atoms with van der Waals surface area (Å²) in [5.74, 6) is -0.619. The van der Waals surface area contributed by atoms with Crippen LogP contribution in [-0.2, 0) is 22.5 Å². The van der Waals surface area contributed by atoms with Gasteiger partial charge in [-0.2, -0.15) is 0 Å². The van der Waals surface area contributed by atoms with E-state index >= 15 is 0 Å². The van der Waals surface area contributed by atoms with E-state index in [0.29, 0.717) is 10.2 Å². The Morgan fingerprint density at radius 1 is 1.65 bits per heavy atom. The number of hydrogen-bond donors (Lipinski definition) is 1. The summed E-state index contributed by atoms with van der Waals surface area (Å²) in [6.45, 7) is 0.0891. The molecule has 0 atom stereocenters. The third-order valence-corrected chi connectivity index (χ3v) is 2.84. The molecule has 4 nitrogen and oxygen atoms in total. The van der Waals surface area contributed by atoms with E-state index in [1.165, 1.54) is 13.2 Å². The molecule has 1 aromatic heterocycles. The van der Waals surface area contributed by atoms with Gasteiger partial charge in [-0.05, 0) is 27.6 Å². The van der Waals surface area contributed by atoms with Gasteiger partial charge in [0.2, 0.25) is 0 Å². The molecule has 1 heterocycles. The molecular formula is C10H11BrF2N2O2. The van der Waals surface area contributed by atoms with Crippen molar-refractivity contribution in [3.05, 3.63) is 27.5 Å². The van der Waals surface area contributed by atoms with Crippen molar-refractivity contribution in [2.45, 2.75) is 19.4 Å². The summed E-state index contributed by atoms with van der Waals surface area (Å²) in [6.07, 6.45) is -3.00. The van der Waals surface area contributed by atoms with Crippen LogP contribution < -0.4 is 5.73 Å². The van der Waals surface area contributed by atoms with E-state index in [-0.39, 0.29) is 24.2 Å². The molecule has 17 heavy (non-hydrogen) atoms. The van der Waals surface area contributed by atoms with Crippen LogP contribution in [0.4, 0.5) is 8.78 Å². The summed E-state index contributed by atoms with van der Waals surface area (Å²) < 4.78 is 30.3. The number of halogens is 3. The fourth-order valence-corrected chi connectivity index (χ4v) is 1.76. The number of alkyl halides is 2. The van der Waals surface area contributed by atoms with Crippen LogP contribution in [0.15, 0.2) is 10.7 Å². The Balaban J connectivity index is 3.18. The molecule has 0 unspecified atom stereocenters. The van der Waals surface area contributed by atoms with Crippen molar-refractivity contribution in [2.75, 3.05) is 7.11 Å². The first-order valence-corrected chi connectivity index (χ1v) is 5.52. The Morgan fingerprint density at radius 3 is 2.76 bits per heavy atom. The lowest BCUT2D eigenvalue weighted by atomic mass is 10.1. The monoisotopic (exact) mass is 308 g/mol. The first-order valence-electron chi connectivity index (χ1n) is 4.72. The lowest BCUT2D eigenvalue weighted by Crippen LogP contribution is -2.11. The molecule has 0 saturated heterocycles. The molecule has 0 aliphatic rings. The van der Waals surface area contributed by atoms with Gasteiger partial charge in [0.15, 0.2) is 0 Å². The van der Waals surface area contributed by atoms with Gasteiger partial charge in [0.1, 0.15) is 4.60 Å². The largest absolute Gasteiger partial charge is 0.469 e. The van der Waals surface area contributed by atoms with Crippen LogP contribution in [0, 0.1) is 0 Å². The maximum Gasteiger partial charge on any atom is 0.311 e. The Bertz CT molecular complexity index is 427. The zero-order chi connectivity index (χ0) is 13.0. The smallest absolute Gasteiger partial charge is 0.311 e. The van der Waals surface area contributed by atoms with Crippen molar-refractivity contribution in [1.82, 2.24) is 4.98 Å². The summed E-state index contributed by atoms with van der Waals surface area (Å²) in [4.78, 5) is 15.0. The number of pyridine rings is 1. The van der Waals surface area contributed by atoms with E-state index in [0.717, 1.165) is 0 Å². The Hall–Kier alpha value is -1.08. The van der Waals surface area contributed by atoms with Gasteiger partial charge in [-0.25, -0.2) is 13.8 Å². The van der Waals surface area contributed by atoms with E-state index in [4.69, 9.17) is 5.73 Å². The molecule has 0 aliphatic heterocycles. The number of carbonyl (C=O) groups excluding carboxylic acids is 1. The van der Waals surface area contributed by atoms with Gasteiger partial charge in [0.05, 0.1) is 19.2 Å². The molecule has 94 valence electrons. The first kappa shape index (κ1) is 14.0. The highest BCUT2D eigenvalue weighted by Gasteiger charge is 2.19. The Kier molecular flexibility index (Phi) is 4.95. The van der Waals surface area contributed by atoms with Gasteiger partial charge in [-0.3, -0.25) is 4.79 Å². The van der Waals surface area contributed by atoms with Crippen molar-refractivity contribution >= 4 is 21.9 Å². The van der Waals surface area contributed by atoms with Crippen molar-refractivity contribution < 1.29 is 18.3 Å². The molecule has 7 heteroatoms. The topological polar surface area (TPSA) is 65.2 Å². The number of ether oxygens (including phenoxy) is 1. The quantitative estimate of drug-likeness (QED) is 0.682. The molecule has 1 aromatic rings. The molecule has 0 radical (unpaired) electrons. The lowest BCUT2D eigenvalue weighted by Gasteiger charge is -2.10. The van der Waals surface area contributed by atoms with Crippen LogP contribution in [0.3, 0.4) is 0 Å². The number of nitrogens with two attached hydrogens (primary N) is 1. The molecule has 0 spiro atoms. The predicted molar refractivity (Wildman–Crippen MR) is 60.5 cm³/mol. The van der Waals surface area contributed by atoms with Crippen LogP contribution >= 0.6 is 15.9 Å². The highest BCUT2D eigenvalue weighted by molar-refractivity contribution is 9.10. The van der Waals surface area contributed by atoms with E-state index in [1.54, 1.807) is 0 Å². The second-order valence-electron chi connectivity index (χ2n) is 3.23. The lowest BCUT2D eigenvalue weighted by molar-refractivity contribution is -0.139. The highest BCUT2D eigenvalue weighted by Crippen LogP contribution is 2.26. The standard InChI is InChI=1S/C10H11BrF2N2O2/c1-17-8(16)3-7-6(10(12)13)2-5(4-14)9(11)15-7/h2,10H,3-4,14H2,1H3. The number of nitrogens with zero attached hydrogens (tertiary/aromatic N) is 1. The van der Waals surface area contributed by atoms with E-state index in [2.05, 4.69) is 25.7 Å². The van der Waals surface area contributed by atoms with E-state index in [1.807, 2.05) is 0 Å². The fourth-order valence-electron chi connectivity index (χ4n) is 1.27. The molecule has 0 bridgehead atoms. The summed E-state index contributed by atoms with van der Waals surface area (Å²) in [7, 11) is 1.19. The zero-order valence-corrected chi connectivity index (χ0v) is 10.6. The number of esters is 1. The van der Waals surface area contributed by atoms with Crippen LogP contribution in [-0.4, -0.2) is 18.1 Å². The van der Waals surface area contributed by atoms with Crippen LogP contribution in [0.1, 0.15) is 23.2 Å². The SMILES string of the molecule is COC(=O)Cc1nc(Br)c(CN)cc1C(F)F. The first-order chi connectivity index (χ1) is 7.99. The third-order valence-electron chi connectivity index (χ3n) is 2.16. The molecule has 2 N–H and O–H groups in total. The second kappa shape index (κ2) is 6.02. The van der Waals surface area contributed by atoms with E-state index < -0.39 is 12.4 Å². The van der Waals surface area contributed by atoms with Crippen molar-refractivity contribution in [3.8, 4) is 0 Å². The molecule has 1 rings (SSSR count). The molecule has 0 aliphatic carbocycles. The number of methoxy groups -OCH3 is 1. The van der Waals surface area contributed by atoms with E-state index in [9.17, 15) is 13.6 Å². The van der Waals surface area contributed by atoms with Crippen molar-refractivity contribution in [2.24, 2.45) is 5.73 Å². The van der Waals surface area contributed by atoms with Gasteiger partial charge >= 0.3 is 5.97 Å². The summed E-state index contributed by atoms with van der Waals surface area (Å²) in [6, 6.07) is 1.25. The van der Waals surface area contributed by atoms with Crippen LogP contribution in [0.25, 0.3) is 0 Å². The van der Waals surface area contributed by atoms with Crippen molar-refractivity contribution in [3.63, 3.8) is 0 Å². The number of hydrogen-bond acceptors (Lipinski definition) is 4. The minimum absolute atomic E-state index is 0.00377. The summed E-state index contributed by atoms with van der Waals surface area (Å²) >= 11 is 3.11. The van der Waals surface area contributed by atoms with Gasteiger partial charge in [-0.1, -0.05) is 0 Å². The highest BCUT2D eigenvalue weighted by atomic mass is 79.9. The van der Waals surface area contributed by atoms with Crippen LogP contribution in [0.2, 0.25) is 0 Å². The predicted octanol–water partition coefficient (Wildman–Crippen LogP) is 1.96. The van der Waals surface area contributed by atoms with Gasteiger partial charge < -0.3 is 10.5 Å². The maximum absolute atomic E-state index is 12.8. The molecule has 0 amide bonds. The summed E-state index contributed by atoms with van der Waals surface area (Å²) in [5.41, 5.74) is 5.56. The normalized spacial score (nSPS) is 10.7. The van der Waals surface area contributed by atoms with Gasteiger partial charge in [-0.15, -0.1) is 0 Å². The average molecular weight is 309 g/mol. The summed E-state index contributed by atoms with van der Waals surface area (Å²) in [5, 5.41) is 0. The average Bonchev–Trinajstić information content (AvgIpc) is 2.28. The molecular weight excluding hydrogens is 298 g/mol. The Labute approximate surface area is 105 Å². The maximum atomic E-state index is 12.8. The minimum Gasteiger partial charge on any atom is -0.469 e. The second-order valence-corrected chi connectivity index (χ2v) is 3.98. The molecule has 0 saturated carbocycles. The fraction of sp³-hybridized carbons (Fsp3) is 0.400.